The molecule has 0 saturated carbocycles. The van der Waals surface area contributed by atoms with Crippen LogP contribution < -0.4 is 21.3 Å². The molecule has 4 N–H and O–H groups in total. The van der Waals surface area contributed by atoms with E-state index in [0.717, 1.165) is 84.3 Å². The summed E-state index contributed by atoms with van der Waals surface area (Å²) in [5, 5.41) is 18.6. The number of aryl methyl sites for hydroxylation is 2. The lowest BCUT2D eigenvalue weighted by atomic mass is 9.89. The zero-order chi connectivity index (χ0) is 37.4. The number of fused-ring (bicyclic) bond motifs is 1. The number of amides is 2. The van der Waals surface area contributed by atoms with E-state index < -0.39 is 0 Å². The van der Waals surface area contributed by atoms with Crippen molar-refractivity contribution in [1.82, 2.24) is 35.7 Å². The Morgan fingerprint density at radius 1 is 0.907 bits per heavy atom. The van der Waals surface area contributed by atoms with E-state index in [1.54, 1.807) is 12.1 Å². The number of ether oxygens (including phenoxy) is 1. The Morgan fingerprint density at radius 2 is 1.67 bits per heavy atom. The largest absolute Gasteiger partial charge is 0.381 e. The molecule has 11 nitrogen and oxygen atoms in total. The molecule has 0 bridgehead atoms. The third kappa shape index (κ3) is 8.61. The Bertz CT molecular complexity index is 2110. The number of halogens is 1. The number of aromatic nitrogens is 4. The third-order valence-electron chi connectivity index (χ3n) is 10.6. The molecule has 0 atom stereocenters. The average Bonchev–Trinajstić information content (AvgIpc) is 3.63. The summed E-state index contributed by atoms with van der Waals surface area (Å²) in [4.78, 5) is 36.0. The van der Waals surface area contributed by atoms with Crippen LogP contribution in [0.3, 0.4) is 0 Å². The van der Waals surface area contributed by atoms with Gasteiger partial charge in [-0.05, 0) is 99.3 Å². The molecule has 7 rings (SSSR count). The average molecular weight is 733 g/mol. The Hall–Kier alpha value is -5.20. The van der Waals surface area contributed by atoms with Crippen LogP contribution in [0.25, 0.3) is 22.2 Å². The first-order valence-corrected chi connectivity index (χ1v) is 19.2. The van der Waals surface area contributed by atoms with E-state index in [-0.39, 0.29) is 47.9 Å². The molecule has 0 unspecified atom stereocenters. The van der Waals surface area contributed by atoms with Gasteiger partial charge in [0.15, 0.2) is 5.65 Å². The Balaban J connectivity index is 1.02. The van der Waals surface area contributed by atoms with E-state index >= 15 is 4.39 Å². The molecule has 3 aromatic heterocycles. The molecule has 0 radical (unpaired) electrons. The van der Waals surface area contributed by atoms with Crippen molar-refractivity contribution in [2.24, 2.45) is 5.92 Å². The minimum Gasteiger partial charge on any atom is -0.381 e. The lowest BCUT2D eigenvalue weighted by Gasteiger charge is -2.26. The SMILES string of the molecule is CCc1nc2c(cnn2CC)c(NC2CCOCC2)c1CNC(=O)c1cncc(C(=O)NCc2ccc(F)c(-c3cccc(CC4CCNCC4)c3)c2)c1. The highest BCUT2D eigenvalue weighted by Gasteiger charge is 2.23. The fourth-order valence-electron chi connectivity index (χ4n) is 7.53. The summed E-state index contributed by atoms with van der Waals surface area (Å²) in [5.74, 6) is -0.420. The topological polar surface area (TPSA) is 135 Å². The monoisotopic (exact) mass is 732 g/mol. The first-order chi connectivity index (χ1) is 26.4. The molecule has 54 heavy (non-hydrogen) atoms. The number of pyridine rings is 2. The number of anilines is 1. The van der Waals surface area contributed by atoms with Crippen LogP contribution in [0.1, 0.15) is 82.6 Å². The van der Waals surface area contributed by atoms with Crippen molar-refractivity contribution in [3.8, 4) is 11.1 Å². The highest BCUT2D eigenvalue weighted by Crippen LogP contribution is 2.32. The van der Waals surface area contributed by atoms with Crippen molar-refractivity contribution in [2.45, 2.75) is 78.0 Å². The van der Waals surface area contributed by atoms with Crippen LogP contribution in [0.5, 0.6) is 0 Å². The predicted octanol–water partition coefficient (Wildman–Crippen LogP) is 6.21. The van der Waals surface area contributed by atoms with Gasteiger partial charge < -0.3 is 26.0 Å². The smallest absolute Gasteiger partial charge is 0.253 e. The second-order valence-corrected chi connectivity index (χ2v) is 14.2. The van der Waals surface area contributed by atoms with Crippen molar-refractivity contribution < 1.29 is 18.7 Å². The minimum atomic E-state index is -0.384. The number of nitrogens with zero attached hydrogens (tertiary/aromatic N) is 4. The quantitative estimate of drug-likeness (QED) is 0.112. The fraction of sp³-hybridized carbons (Fsp3) is 0.405. The minimum absolute atomic E-state index is 0.185. The van der Waals surface area contributed by atoms with Crippen LogP contribution in [0, 0.1) is 11.7 Å². The number of piperidine rings is 1. The van der Waals surface area contributed by atoms with Crippen LogP contribution in [0.2, 0.25) is 0 Å². The summed E-state index contributed by atoms with van der Waals surface area (Å²) < 4.78 is 22.6. The molecule has 0 aliphatic carbocycles. The van der Waals surface area contributed by atoms with Crippen LogP contribution in [-0.2, 0) is 37.2 Å². The van der Waals surface area contributed by atoms with Gasteiger partial charge >= 0.3 is 0 Å². The Labute approximate surface area is 315 Å². The van der Waals surface area contributed by atoms with Gasteiger partial charge in [-0.1, -0.05) is 37.3 Å². The van der Waals surface area contributed by atoms with Crippen molar-refractivity contribution >= 4 is 28.5 Å². The van der Waals surface area contributed by atoms with Gasteiger partial charge in [-0.25, -0.2) is 14.1 Å². The van der Waals surface area contributed by atoms with Gasteiger partial charge in [-0.15, -0.1) is 0 Å². The lowest BCUT2D eigenvalue weighted by molar-refractivity contribution is 0.0904. The number of carbonyl (C=O) groups is 2. The molecule has 5 heterocycles. The van der Waals surface area contributed by atoms with Gasteiger partial charge in [-0.3, -0.25) is 14.6 Å². The summed E-state index contributed by atoms with van der Waals surface area (Å²) in [7, 11) is 0. The molecule has 2 aliphatic heterocycles. The Kier molecular flexibility index (Phi) is 11.9. The van der Waals surface area contributed by atoms with Gasteiger partial charge in [0.2, 0.25) is 0 Å². The number of nitrogens with one attached hydrogen (secondary N) is 4. The van der Waals surface area contributed by atoms with Crippen molar-refractivity contribution in [3.05, 3.63) is 106 Å². The third-order valence-corrected chi connectivity index (χ3v) is 10.6. The molecule has 2 aliphatic rings. The van der Waals surface area contributed by atoms with Crippen LogP contribution in [0.4, 0.5) is 10.1 Å². The number of rotatable bonds is 13. The molecule has 2 fully saturated rings. The van der Waals surface area contributed by atoms with E-state index in [9.17, 15) is 9.59 Å². The summed E-state index contributed by atoms with van der Waals surface area (Å²) in [6.07, 6.45) is 10.4. The molecule has 2 amide bonds. The maximum Gasteiger partial charge on any atom is 0.253 e. The molecule has 0 spiro atoms. The summed E-state index contributed by atoms with van der Waals surface area (Å²) in [5.41, 5.74) is 7.34. The normalized spacial score (nSPS) is 15.3. The summed E-state index contributed by atoms with van der Waals surface area (Å²) >= 11 is 0. The zero-order valence-electron chi connectivity index (χ0n) is 31.1. The van der Waals surface area contributed by atoms with Gasteiger partial charge in [0.05, 0.1) is 28.4 Å². The molecule has 12 heteroatoms. The van der Waals surface area contributed by atoms with Crippen LogP contribution >= 0.6 is 0 Å². The van der Waals surface area contributed by atoms with E-state index in [0.29, 0.717) is 37.7 Å². The van der Waals surface area contributed by atoms with Crippen molar-refractivity contribution in [2.75, 3.05) is 31.6 Å². The van der Waals surface area contributed by atoms with Gasteiger partial charge in [-0.2, -0.15) is 5.10 Å². The fourth-order valence-corrected chi connectivity index (χ4v) is 7.53. The van der Waals surface area contributed by atoms with Gasteiger partial charge in [0.1, 0.15) is 5.82 Å². The van der Waals surface area contributed by atoms with E-state index in [1.807, 2.05) is 29.9 Å². The number of hydrogen-bond acceptors (Lipinski definition) is 8. The number of carbonyl (C=O) groups excluding carboxylic acids is 2. The molecular weight excluding hydrogens is 684 g/mol. The molecule has 2 aromatic carbocycles. The van der Waals surface area contributed by atoms with Gasteiger partial charge in [0.25, 0.3) is 11.8 Å². The standard InChI is InChI=1S/C42H49FN8O3/c1-3-38-35(39(49-33-12-16-54-17-13-33)36-26-48-51(4-2)40(36)50-38)25-47-42(53)32-21-31(23-45-24-32)41(52)46-22-29-8-9-37(43)34(20-29)30-7-5-6-28(19-30)18-27-10-14-44-15-11-27/h5-9,19-21,23-24,26-27,33,44H,3-4,10-18,22,25H2,1-2H3,(H,46,52)(H,47,53)(H,49,50). The second kappa shape index (κ2) is 17.3. The highest BCUT2D eigenvalue weighted by atomic mass is 19.1. The van der Waals surface area contributed by atoms with E-state index in [4.69, 9.17) is 9.72 Å². The second-order valence-electron chi connectivity index (χ2n) is 14.2. The molecular formula is C42H49FN8O3. The van der Waals surface area contributed by atoms with Crippen molar-refractivity contribution in [3.63, 3.8) is 0 Å². The maximum atomic E-state index is 15.1. The van der Waals surface area contributed by atoms with Crippen LogP contribution in [-0.4, -0.2) is 63.9 Å². The van der Waals surface area contributed by atoms with Crippen molar-refractivity contribution in [1.29, 1.82) is 0 Å². The zero-order valence-corrected chi connectivity index (χ0v) is 31.1. The lowest BCUT2D eigenvalue weighted by Crippen LogP contribution is -2.30. The predicted molar refractivity (Wildman–Crippen MR) is 208 cm³/mol. The van der Waals surface area contributed by atoms with Crippen LogP contribution in [0.15, 0.2) is 67.1 Å². The first-order valence-electron chi connectivity index (χ1n) is 19.2. The van der Waals surface area contributed by atoms with E-state index in [1.165, 1.54) is 30.1 Å². The number of hydrogen-bond donors (Lipinski definition) is 4. The van der Waals surface area contributed by atoms with Gasteiger partial charge in [0, 0.05) is 68.1 Å². The molecule has 2 saturated heterocycles. The summed E-state index contributed by atoms with van der Waals surface area (Å²) in [6.45, 7) is 8.68. The molecule has 5 aromatic rings. The number of benzene rings is 2. The first kappa shape index (κ1) is 37.1. The summed E-state index contributed by atoms with van der Waals surface area (Å²) in [6, 6.07) is 14.8. The maximum absolute atomic E-state index is 15.1. The Morgan fingerprint density at radius 3 is 2.41 bits per heavy atom. The highest BCUT2D eigenvalue weighted by molar-refractivity contribution is 5.99. The van der Waals surface area contributed by atoms with E-state index in [2.05, 4.69) is 50.4 Å². The molecule has 282 valence electrons.